The van der Waals surface area contributed by atoms with Crippen LogP contribution in [0.1, 0.15) is 106 Å². The summed E-state index contributed by atoms with van der Waals surface area (Å²) in [6.45, 7) is 14.5. The standard InChI is InChI=1S/C30H46O5/c1-24(2)20(33)8-11-30-16-29(30)13-12-26(5)23(28(7)10-9-21(35-28)25(3,4)34)18(32)15-27(26,6)19(29)14-17(31)22(24)30/h17,19,21-23,31,34H,8-16H2,1-7H3. The smallest absolute Gasteiger partial charge is 0.139 e. The average molecular weight is 487 g/mol. The van der Waals surface area contributed by atoms with Gasteiger partial charge in [0.15, 0.2) is 0 Å². The van der Waals surface area contributed by atoms with Gasteiger partial charge in [0, 0.05) is 24.2 Å². The van der Waals surface area contributed by atoms with Crippen LogP contribution in [0.4, 0.5) is 0 Å². The highest BCUT2D eigenvalue weighted by atomic mass is 16.5. The predicted octanol–water partition coefficient (Wildman–Crippen LogP) is 4.85. The lowest BCUT2D eigenvalue weighted by atomic mass is 9.41. The molecule has 0 aromatic heterocycles. The van der Waals surface area contributed by atoms with E-state index in [1.807, 2.05) is 0 Å². The van der Waals surface area contributed by atoms with E-state index in [9.17, 15) is 19.8 Å². The second-order valence-electron chi connectivity index (χ2n) is 15.5. The lowest BCUT2D eigenvalue weighted by Crippen LogP contribution is -2.61. The maximum absolute atomic E-state index is 14.0. The molecule has 0 bridgehead atoms. The number of carbonyl (C=O) groups is 2. The van der Waals surface area contributed by atoms with Crippen molar-refractivity contribution in [2.45, 2.75) is 130 Å². The van der Waals surface area contributed by atoms with Gasteiger partial charge in [0.25, 0.3) is 0 Å². The first-order valence-electron chi connectivity index (χ1n) is 14.1. The Balaban J connectivity index is 1.38. The van der Waals surface area contributed by atoms with Crippen LogP contribution in [0.5, 0.6) is 0 Å². The van der Waals surface area contributed by atoms with Crippen molar-refractivity contribution in [1.29, 1.82) is 0 Å². The van der Waals surface area contributed by atoms with Crippen LogP contribution in [0.15, 0.2) is 0 Å². The van der Waals surface area contributed by atoms with Gasteiger partial charge in [-0.1, -0.05) is 27.7 Å². The molecule has 2 spiro atoms. The first-order valence-corrected chi connectivity index (χ1v) is 14.1. The van der Waals surface area contributed by atoms with E-state index in [1.54, 1.807) is 13.8 Å². The molecule has 0 amide bonds. The van der Waals surface area contributed by atoms with E-state index >= 15 is 0 Å². The second kappa shape index (κ2) is 6.61. The lowest BCUT2D eigenvalue weighted by molar-refractivity contribution is -0.200. The topological polar surface area (TPSA) is 83.8 Å². The summed E-state index contributed by atoms with van der Waals surface area (Å²) in [6.07, 6.45) is 6.84. The Morgan fingerprint density at radius 2 is 1.63 bits per heavy atom. The largest absolute Gasteiger partial charge is 0.393 e. The molecular weight excluding hydrogens is 440 g/mol. The first kappa shape index (κ1) is 24.6. The first-order chi connectivity index (χ1) is 16.0. The number of rotatable bonds is 2. The zero-order chi connectivity index (χ0) is 25.6. The number of ether oxygens (including phenoxy) is 1. The second-order valence-corrected chi connectivity index (χ2v) is 15.5. The number of hydrogen-bond donors (Lipinski definition) is 2. The van der Waals surface area contributed by atoms with E-state index in [0.29, 0.717) is 36.7 Å². The van der Waals surface area contributed by atoms with Crippen molar-refractivity contribution in [3.8, 4) is 0 Å². The monoisotopic (exact) mass is 486 g/mol. The summed E-state index contributed by atoms with van der Waals surface area (Å²) >= 11 is 0. The molecule has 1 saturated heterocycles. The lowest BCUT2D eigenvalue weighted by Gasteiger charge is -2.63. The summed E-state index contributed by atoms with van der Waals surface area (Å²) in [4.78, 5) is 26.9. The minimum atomic E-state index is -0.922. The molecule has 0 aromatic carbocycles. The third kappa shape index (κ3) is 2.67. The maximum atomic E-state index is 14.0. The van der Waals surface area contributed by atoms with Crippen molar-refractivity contribution in [2.75, 3.05) is 0 Å². The van der Waals surface area contributed by atoms with Crippen LogP contribution in [-0.2, 0) is 14.3 Å². The highest BCUT2D eigenvalue weighted by molar-refractivity contribution is 5.88. The number of aliphatic hydroxyl groups is 2. The Labute approximate surface area is 210 Å². The van der Waals surface area contributed by atoms with Crippen LogP contribution < -0.4 is 0 Å². The van der Waals surface area contributed by atoms with Gasteiger partial charge in [-0.25, -0.2) is 0 Å². The molecule has 0 aromatic rings. The molecule has 35 heavy (non-hydrogen) atoms. The van der Waals surface area contributed by atoms with Crippen LogP contribution in [0, 0.1) is 44.8 Å². The molecule has 0 radical (unpaired) electrons. The number of carbonyl (C=O) groups excluding carboxylic acids is 2. The number of hydrogen-bond acceptors (Lipinski definition) is 5. The molecule has 1 heterocycles. The van der Waals surface area contributed by atoms with Crippen molar-refractivity contribution >= 4 is 11.6 Å². The van der Waals surface area contributed by atoms with Crippen molar-refractivity contribution < 1.29 is 24.5 Å². The Hall–Kier alpha value is -0.780. The summed E-state index contributed by atoms with van der Waals surface area (Å²) in [5, 5.41) is 22.3. The third-order valence-electron chi connectivity index (χ3n) is 13.3. The Bertz CT molecular complexity index is 995. The van der Waals surface area contributed by atoms with Crippen LogP contribution in [0.3, 0.4) is 0 Å². The van der Waals surface area contributed by atoms with Crippen molar-refractivity contribution in [3.05, 3.63) is 0 Å². The molecule has 6 rings (SSSR count). The highest BCUT2D eigenvalue weighted by Crippen LogP contribution is 2.88. The van der Waals surface area contributed by atoms with Gasteiger partial charge in [-0.05, 0) is 93.3 Å². The molecule has 10 atom stereocenters. The normalized spacial score (nSPS) is 56.8. The van der Waals surface area contributed by atoms with Gasteiger partial charge in [0.2, 0.25) is 0 Å². The minimum absolute atomic E-state index is 0.0385. The highest BCUT2D eigenvalue weighted by Gasteiger charge is 2.85. The summed E-state index contributed by atoms with van der Waals surface area (Å²) in [6, 6.07) is 0. The fourth-order valence-electron chi connectivity index (χ4n) is 11.6. The van der Waals surface area contributed by atoms with E-state index in [2.05, 4.69) is 34.6 Å². The fraction of sp³-hybridized carbons (Fsp3) is 0.933. The van der Waals surface area contributed by atoms with Gasteiger partial charge in [0.05, 0.1) is 29.3 Å². The molecular formula is C30H46O5. The average Bonchev–Trinajstić information content (AvgIpc) is 3.08. The van der Waals surface area contributed by atoms with Gasteiger partial charge in [-0.2, -0.15) is 0 Å². The van der Waals surface area contributed by atoms with E-state index in [4.69, 9.17) is 4.74 Å². The Morgan fingerprint density at radius 3 is 2.26 bits per heavy atom. The van der Waals surface area contributed by atoms with Gasteiger partial charge in [-0.15, -0.1) is 0 Å². The molecule has 6 fully saturated rings. The summed E-state index contributed by atoms with van der Waals surface area (Å²) in [7, 11) is 0. The predicted molar refractivity (Wildman–Crippen MR) is 132 cm³/mol. The van der Waals surface area contributed by atoms with Gasteiger partial charge in [-0.3, -0.25) is 9.59 Å². The van der Waals surface area contributed by atoms with Crippen LogP contribution >= 0.6 is 0 Å². The van der Waals surface area contributed by atoms with Gasteiger partial charge >= 0.3 is 0 Å². The Morgan fingerprint density at radius 1 is 0.943 bits per heavy atom. The SMILES string of the molecule is CC(C)(O)C1CCC(C)(C2C(=O)CC3(C)C4CC(O)C5C(C)(C)C(=O)CCC56CC46CCC23C)O1. The quantitative estimate of drug-likeness (QED) is 0.583. The number of ketones is 2. The number of fused-ring (bicyclic) bond motifs is 2. The van der Waals surface area contributed by atoms with Gasteiger partial charge < -0.3 is 14.9 Å². The van der Waals surface area contributed by atoms with Crippen LogP contribution in [0.25, 0.3) is 0 Å². The van der Waals surface area contributed by atoms with Crippen LogP contribution in [0.2, 0.25) is 0 Å². The van der Waals surface area contributed by atoms with Crippen molar-refractivity contribution in [3.63, 3.8) is 0 Å². The molecule has 1 aliphatic heterocycles. The molecule has 196 valence electrons. The third-order valence-corrected chi connectivity index (χ3v) is 13.3. The molecule has 10 unspecified atom stereocenters. The molecule has 5 heteroatoms. The number of aliphatic hydroxyl groups excluding tert-OH is 1. The zero-order valence-electron chi connectivity index (χ0n) is 22.9. The maximum Gasteiger partial charge on any atom is 0.139 e. The summed E-state index contributed by atoms with van der Waals surface area (Å²) in [5.41, 5.74) is -2.13. The Kier molecular flexibility index (Phi) is 4.64. The van der Waals surface area contributed by atoms with Gasteiger partial charge in [0.1, 0.15) is 11.6 Å². The van der Waals surface area contributed by atoms with Crippen molar-refractivity contribution in [1.82, 2.24) is 0 Å². The number of Topliss-reactive ketones (excluding diaryl/α,β-unsaturated/α-hetero) is 2. The van der Waals surface area contributed by atoms with Crippen molar-refractivity contribution in [2.24, 2.45) is 44.8 Å². The summed E-state index contributed by atoms with van der Waals surface area (Å²) < 4.78 is 6.59. The van der Waals surface area contributed by atoms with E-state index in [-0.39, 0.29) is 39.6 Å². The fourth-order valence-corrected chi connectivity index (χ4v) is 11.6. The molecule has 5 aliphatic carbocycles. The van der Waals surface area contributed by atoms with E-state index in [0.717, 1.165) is 38.5 Å². The molecule has 5 nitrogen and oxygen atoms in total. The van der Waals surface area contributed by atoms with Crippen LogP contribution in [-0.4, -0.2) is 45.2 Å². The zero-order valence-corrected chi connectivity index (χ0v) is 22.9. The van der Waals surface area contributed by atoms with E-state index in [1.165, 1.54) is 0 Å². The minimum Gasteiger partial charge on any atom is -0.393 e. The summed E-state index contributed by atoms with van der Waals surface area (Å²) in [5.74, 6) is 0.781. The molecule has 5 saturated carbocycles. The molecule has 2 N–H and O–H groups in total. The van der Waals surface area contributed by atoms with E-state index < -0.39 is 22.7 Å². The molecule has 6 aliphatic rings.